The van der Waals surface area contributed by atoms with Gasteiger partial charge in [-0.05, 0) is 55.3 Å². The number of aromatic nitrogens is 1. The summed E-state index contributed by atoms with van der Waals surface area (Å²) in [7, 11) is 1.68. The van der Waals surface area contributed by atoms with Gasteiger partial charge in [-0.25, -0.2) is 4.39 Å². The molecule has 0 saturated heterocycles. The summed E-state index contributed by atoms with van der Waals surface area (Å²) in [5.41, 5.74) is 1.59. The molecule has 35 heavy (non-hydrogen) atoms. The van der Waals surface area contributed by atoms with Crippen LogP contribution < -0.4 is 9.80 Å². The van der Waals surface area contributed by atoms with Crippen molar-refractivity contribution in [1.82, 2.24) is 4.57 Å². The average Bonchev–Trinajstić information content (AvgIpc) is 3.48. The SMILES string of the molecule is CN1C(=O)C2(C(C#N)=C(n3cccc3)N(c3ccc(F)cc3)C3=C2C(=O)CCC3)c2ccccc21. The molecule has 3 aromatic rings. The number of nitrogens with zero attached hydrogens (tertiary/aromatic N) is 4. The molecule has 7 heteroatoms. The molecule has 1 aromatic heterocycles. The average molecular weight is 465 g/mol. The Bertz CT molecular complexity index is 1490. The van der Waals surface area contributed by atoms with Gasteiger partial charge in [0.2, 0.25) is 5.91 Å². The third-order valence-corrected chi connectivity index (χ3v) is 7.18. The van der Waals surface area contributed by atoms with Gasteiger partial charge in [0.15, 0.2) is 5.78 Å². The van der Waals surface area contributed by atoms with Crippen molar-refractivity contribution in [2.24, 2.45) is 0 Å². The lowest BCUT2D eigenvalue weighted by Crippen LogP contribution is -2.51. The van der Waals surface area contributed by atoms with Crippen LogP contribution in [0.4, 0.5) is 15.8 Å². The molecule has 2 aromatic carbocycles. The van der Waals surface area contributed by atoms with Crippen molar-refractivity contribution >= 4 is 28.9 Å². The van der Waals surface area contributed by atoms with Crippen molar-refractivity contribution < 1.29 is 14.0 Å². The van der Waals surface area contributed by atoms with E-state index in [4.69, 9.17) is 0 Å². The van der Waals surface area contributed by atoms with E-state index >= 15 is 0 Å². The number of carbonyl (C=O) groups excluding carboxylic acids is 2. The molecule has 0 saturated carbocycles. The number of hydrogen-bond donors (Lipinski definition) is 0. The Morgan fingerprint density at radius 2 is 1.69 bits per heavy atom. The fourth-order valence-electron chi connectivity index (χ4n) is 5.77. The molecule has 3 heterocycles. The standard InChI is InChI=1S/C28H21FN4O2/c1-31-22-8-3-2-7-20(22)28(27(31)35)21(17-30)26(32-15-4-5-16-32)33(19-13-11-18(29)12-14-19)23-9-6-10-24(34)25(23)28/h2-5,7-8,11-16H,6,9-10H2,1H3. The van der Waals surface area contributed by atoms with Crippen LogP contribution in [0.2, 0.25) is 0 Å². The molecule has 1 spiro atoms. The second-order valence-electron chi connectivity index (χ2n) is 8.94. The first-order valence-electron chi connectivity index (χ1n) is 11.5. The van der Waals surface area contributed by atoms with Crippen LogP contribution in [0.1, 0.15) is 24.8 Å². The molecular weight excluding hydrogens is 443 g/mol. The zero-order valence-corrected chi connectivity index (χ0v) is 19.0. The van der Waals surface area contributed by atoms with Gasteiger partial charge in [0, 0.05) is 54.1 Å². The van der Waals surface area contributed by atoms with Crippen molar-refractivity contribution in [3.8, 4) is 6.07 Å². The van der Waals surface area contributed by atoms with E-state index in [1.807, 2.05) is 53.7 Å². The van der Waals surface area contributed by atoms with Crippen LogP contribution in [0.15, 0.2) is 89.9 Å². The molecule has 6 rings (SSSR count). The number of likely N-dealkylation sites (N-methyl/N-ethyl adjacent to an activating group) is 1. The van der Waals surface area contributed by atoms with Gasteiger partial charge in [-0.2, -0.15) is 5.26 Å². The zero-order chi connectivity index (χ0) is 24.3. The summed E-state index contributed by atoms with van der Waals surface area (Å²) in [5, 5.41) is 10.7. The summed E-state index contributed by atoms with van der Waals surface area (Å²) in [5.74, 6) is -0.377. The van der Waals surface area contributed by atoms with Crippen molar-refractivity contribution in [3.05, 3.63) is 101 Å². The number of rotatable bonds is 2. The van der Waals surface area contributed by atoms with Gasteiger partial charge >= 0.3 is 0 Å². The molecule has 0 radical (unpaired) electrons. The summed E-state index contributed by atoms with van der Waals surface area (Å²) >= 11 is 0. The van der Waals surface area contributed by atoms with E-state index in [2.05, 4.69) is 6.07 Å². The number of carbonyl (C=O) groups is 2. The lowest BCUT2D eigenvalue weighted by Gasteiger charge is -2.45. The summed E-state index contributed by atoms with van der Waals surface area (Å²) in [6.45, 7) is 0. The predicted octanol–water partition coefficient (Wildman–Crippen LogP) is 4.76. The van der Waals surface area contributed by atoms with Gasteiger partial charge in [-0.3, -0.25) is 14.5 Å². The Kier molecular flexibility index (Phi) is 4.55. The molecule has 1 atom stereocenters. The number of anilines is 2. The third-order valence-electron chi connectivity index (χ3n) is 7.18. The predicted molar refractivity (Wildman–Crippen MR) is 130 cm³/mol. The molecule has 6 nitrogen and oxygen atoms in total. The number of para-hydroxylation sites is 1. The van der Waals surface area contributed by atoms with E-state index < -0.39 is 5.41 Å². The fourth-order valence-corrected chi connectivity index (χ4v) is 5.77. The largest absolute Gasteiger partial charge is 0.314 e. The highest BCUT2D eigenvalue weighted by Gasteiger charge is 2.62. The molecule has 1 unspecified atom stereocenters. The lowest BCUT2D eigenvalue weighted by atomic mass is 9.63. The van der Waals surface area contributed by atoms with Crippen molar-refractivity contribution in [2.45, 2.75) is 24.7 Å². The molecule has 0 N–H and O–H groups in total. The number of Topliss-reactive ketones (excluding diaryl/α,β-unsaturated/α-hetero) is 1. The fraction of sp³-hybridized carbons (Fsp3) is 0.179. The Balaban J connectivity index is 1.79. The summed E-state index contributed by atoms with van der Waals surface area (Å²) in [6, 6.07) is 19.3. The maximum Gasteiger partial charge on any atom is 0.247 e. The van der Waals surface area contributed by atoms with Crippen molar-refractivity contribution in [3.63, 3.8) is 0 Å². The molecule has 172 valence electrons. The van der Waals surface area contributed by atoms with Crippen LogP contribution in [0.3, 0.4) is 0 Å². The minimum Gasteiger partial charge on any atom is -0.314 e. The molecular formula is C28H21FN4O2. The highest BCUT2D eigenvalue weighted by Crippen LogP contribution is 2.57. The number of hydrogen-bond acceptors (Lipinski definition) is 4. The van der Waals surface area contributed by atoms with Crippen LogP contribution in [0.25, 0.3) is 5.82 Å². The first-order chi connectivity index (χ1) is 17.0. The first kappa shape index (κ1) is 21.1. The quantitative estimate of drug-likeness (QED) is 0.548. The van der Waals surface area contributed by atoms with E-state index in [-0.39, 0.29) is 23.1 Å². The molecule has 1 amide bonds. The first-order valence-corrected chi connectivity index (χ1v) is 11.5. The molecule has 0 bridgehead atoms. The summed E-state index contributed by atoms with van der Waals surface area (Å²) < 4.78 is 15.7. The van der Waals surface area contributed by atoms with Gasteiger partial charge in [0.1, 0.15) is 23.1 Å². The molecule has 2 aliphatic heterocycles. The van der Waals surface area contributed by atoms with Crippen LogP contribution in [0.5, 0.6) is 0 Å². The van der Waals surface area contributed by atoms with Gasteiger partial charge in [-0.15, -0.1) is 0 Å². The normalized spacial score (nSPS) is 21.5. The van der Waals surface area contributed by atoms with Gasteiger partial charge in [-0.1, -0.05) is 18.2 Å². The van der Waals surface area contributed by atoms with E-state index in [1.165, 1.54) is 12.1 Å². The highest BCUT2D eigenvalue weighted by atomic mass is 19.1. The third kappa shape index (κ3) is 2.68. The number of allylic oxidation sites excluding steroid dienone is 1. The maximum atomic E-state index is 14.2. The lowest BCUT2D eigenvalue weighted by molar-refractivity contribution is -0.123. The van der Waals surface area contributed by atoms with Gasteiger partial charge in [0.25, 0.3) is 0 Å². The van der Waals surface area contributed by atoms with Gasteiger partial charge in [0.05, 0.1) is 5.57 Å². The van der Waals surface area contributed by atoms with Crippen molar-refractivity contribution in [2.75, 3.05) is 16.8 Å². The number of fused-ring (bicyclic) bond motifs is 3. The van der Waals surface area contributed by atoms with Gasteiger partial charge < -0.3 is 9.47 Å². The smallest absolute Gasteiger partial charge is 0.247 e. The number of benzene rings is 2. The number of ketones is 1. The van der Waals surface area contributed by atoms with Crippen LogP contribution >= 0.6 is 0 Å². The van der Waals surface area contributed by atoms with Crippen molar-refractivity contribution in [1.29, 1.82) is 5.26 Å². The monoisotopic (exact) mass is 464 g/mol. The van der Waals surface area contributed by atoms with E-state index in [9.17, 15) is 19.2 Å². The Labute approximate surface area is 201 Å². The second-order valence-corrected chi connectivity index (χ2v) is 8.94. The minimum atomic E-state index is -1.54. The van der Waals surface area contributed by atoms with E-state index in [1.54, 1.807) is 28.6 Å². The molecule has 0 fully saturated rings. The zero-order valence-electron chi connectivity index (χ0n) is 19.0. The van der Waals surface area contributed by atoms with Crippen LogP contribution in [-0.2, 0) is 15.0 Å². The van der Waals surface area contributed by atoms with E-state index in [0.29, 0.717) is 53.3 Å². The number of halogens is 1. The molecule has 1 aliphatic carbocycles. The minimum absolute atomic E-state index is 0.142. The molecule has 3 aliphatic rings. The summed E-state index contributed by atoms with van der Waals surface area (Å²) in [4.78, 5) is 31.3. The topological polar surface area (TPSA) is 69.3 Å². The Hall–Kier alpha value is -4.44. The van der Waals surface area contributed by atoms with Crippen LogP contribution in [-0.4, -0.2) is 23.3 Å². The highest BCUT2D eigenvalue weighted by molar-refractivity contribution is 6.21. The van der Waals surface area contributed by atoms with E-state index in [0.717, 1.165) is 0 Å². The summed E-state index contributed by atoms with van der Waals surface area (Å²) in [6.07, 6.45) is 5.08. The maximum absolute atomic E-state index is 14.2. The second kappa shape index (κ2) is 7.54. The Morgan fingerprint density at radius 1 is 0.971 bits per heavy atom. The Morgan fingerprint density at radius 3 is 2.40 bits per heavy atom. The number of amides is 1. The van der Waals surface area contributed by atoms with Crippen LogP contribution in [0, 0.1) is 17.1 Å². The number of nitriles is 1.